The number of amides is 1. The smallest absolute Gasteiger partial charge is 0.252 e. The van der Waals surface area contributed by atoms with E-state index in [2.05, 4.69) is 20.2 Å². The van der Waals surface area contributed by atoms with Crippen molar-refractivity contribution in [3.05, 3.63) is 53.9 Å². The van der Waals surface area contributed by atoms with Crippen LogP contribution in [0.2, 0.25) is 0 Å². The zero-order valence-corrected chi connectivity index (χ0v) is 18.2. The van der Waals surface area contributed by atoms with E-state index >= 15 is 0 Å². The second-order valence-electron chi connectivity index (χ2n) is 8.30. The highest BCUT2D eigenvalue weighted by molar-refractivity contribution is 6.06. The summed E-state index contributed by atoms with van der Waals surface area (Å²) in [6.07, 6.45) is 4.68. The molecular formula is C24H27N5O3. The van der Waals surface area contributed by atoms with Gasteiger partial charge in [-0.1, -0.05) is 18.2 Å². The van der Waals surface area contributed by atoms with Crippen LogP contribution >= 0.6 is 0 Å². The lowest BCUT2D eigenvalue weighted by molar-refractivity contribution is 0.0845. The van der Waals surface area contributed by atoms with Crippen LogP contribution in [-0.4, -0.2) is 60.3 Å². The van der Waals surface area contributed by atoms with E-state index in [-0.39, 0.29) is 11.9 Å². The molecule has 2 fully saturated rings. The van der Waals surface area contributed by atoms with Crippen LogP contribution in [0.4, 0.5) is 5.95 Å². The number of hydrogen-bond acceptors (Lipinski definition) is 7. The molecule has 0 aliphatic carbocycles. The summed E-state index contributed by atoms with van der Waals surface area (Å²) in [6, 6.07) is 11.3. The van der Waals surface area contributed by atoms with Gasteiger partial charge < -0.3 is 19.7 Å². The van der Waals surface area contributed by atoms with Crippen molar-refractivity contribution < 1.29 is 14.3 Å². The summed E-state index contributed by atoms with van der Waals surface area (Å²) < 4.78 is 10.8. The molecule has 4 heterocycles. The molecule has 5 rings (SSSR count). The lowest BCUT2D eigenvalue weighted by Crippen LogP contribution is -2.37. The Bertz CT molecular complexity index is 1120. The normalized spacial score (nSPS) is 19.3. The van der Waals surface area contributed by atoms with Crippen molar-refractivity contribution in [3.63, 3.8) is 0 Å². The quantitative estimate of drug-likeness (QED) is 0.662. The van der Waals surface area contributed by atoms with E-state index in [1.165, 1.54) is 0 Å². The van der Waals surface area contributed by atoms with E-state index in [0.717, 1.165) is 61.6 Å². The molecule has 166 valence electrons. The minimum atomic E-state index is -0.120. The fourth-order valence-corrected chi connectivity index (χ4v) is 4.50. The van der Waals surface area contributed by atoms with E-state index in [1.54, 1.807) is 13.2 Å². The molecule has 2 saturated heterocycles. The number of benzene rings is 1. The number of methoxy groups -OCH3 is 1. The third kappa shape index (κ3) is 4.23. The number of rotatable bonds is 5. The molecule has 1 amide bonds. The molecule has 8 nitrogen and oxygen atoms in total. The Balaban J connectivity index is 1.29. The predicted molar refractivity (Wildman–Crippen MR) is 121 cm³/mol. The zero-order valence-electron chi connectivity index (χ0n) is 18.2. The van der Waals surface area contributed by atoms with E-state index < -0.39 is 0 Å². The molecule has 0 radical (unpaired) electrons. The summed E-state index contributed by atoms with van der Waals surface area (Å²) >= 11 is 0. The molecule has 2 aromatic heterocycles. The topological polar surface area (TPSA) is 89.5 Å². The third-order valence-corrected chi connectivity index (χ3v) is 6.26. The van der Waals surface area contributed by atoms with Crippen molar-refractivity contribution in [3.8, 4) is 5.88 Å². The SMILES string of the molecule is COc1cc(C(=O)NC2CCN(c3nccc(C4CCOCC4)n3)C2)c2ccccc2n1. The first-order valence-corrected chi connectivity index (χ1v) is 11.1. The maximum Gasteiger partial charge on any atom is 0.252 e. The lowest BCUT2D eigenvalue weighted by atomic mass is 9.96. The Morgan fingerprint density at radius 3 is 2.84 bits per heavy atom. The monoisotopic (exact) mass is 433 g/mol. The van der Waals surface area contributed by atoms with Crippen molar-refractivity contribution in [1.82, 2.24) is 20.3 Å². The molecule has 1 unspecified atom stereocenters. The number of nitrogens with zero attached hydrogens (tertiary/aromatic N) is 4. The number of nitrogens with one attached hydrogen (secondary N) is 1. The predicted octanol–water partition coefficient (Wildman–Crippen LogP) is 2.94. The van der Waals surface area contributed by atoms with Crippen LogP contribution in [0, 0.1) is 0 Å². The molecule has 2 aliphatic rings. The zero-order chi connectivity index (χ0) is 21.9. The van der Waals surface area contributed by atoms with Crippen LogP contribution in [0.25, 0.3) is 10.9 Å². The number of hydrogen-bond donors (Lipinski definition) is 1. The van der Waals surface area contributed by atoms with Gasteiger partial charge in [0.15, 0.2) is 0 Å². The Morgan fingerprint density at radius 1 is 1.16 bits per heavy atom. The third-order valence-electron chi connectivity index (χ3n) is 6.26. The van der Waals surface area contributed by atoms with Gasteiger partial charge in [-0.3, -0.25) is 4.79 Å². The molecule has 0 saturated carbocycles. The van der Waals surface area contributed by atoms with Crippen LogP contribution in [-0.2, 0) is 4.74 Å². The van der Waals surface area contributed by atoms with Gasteiger partial charge in [0.05, 0.1) is 18.2 Å². The summed E-state index contributed by atoms with van der Waals surface area (Å²) in [6.45, 7) is 3.07. The van der Waals surface area contributed by atoms with Gasteiger partial charge in [-0.2, -0.15) is 0 Å². The van der Waals surface area contributed by atoms with Gasteiger partial charge in [-0.15, -0.1) is 0 Å². The van der Waals surface area contributed by atoms with Crippen LogP contribution in [0.15, 0.2) is 42.6 Å². The van der Waals surface area contributed by atoms with Crippen molar-refractivity contribution in [2.75, 3.05) is 38.3 Å². The second-order valence-corrected chi connectivity index (χ2v) is 8.30. The number of aromatic nitrogens is 3. The van der Waals surface area contributed by atoms with Gasteiger partial charge in [-0.25, -0.2) is 15.0 Å². The molecule has 1 N–H and O–H groups in total. The van der Waals surface area contributed by atoms with Crippen molar-refractivity contribution in [2.24, 2.45) is 0 Å². The van der Waals surface area contributed by atoms with Gasteiger partial charge in [0.1, 0.15) is 0 Å². The van der Waals surface area contributed by atoms with Crippen molar-refractivity contribution in [2.45, 2.75) is 31.2 Å². The van der Waals surface area contributed by atoms with Crippen LogP contribution in [0.5, 0.6) is 5.88 Å². The maximum absolute atomic E-state index is 13.1. The largest absolute Gasteiger partial charge is 0.481 e. The minimum Gasteiger partial charge on any atom is -0.481 e. The standard InChI is InChI=1S/C24H27N5O3/c1-31-22-14-19(18-4-2-3-5-21(18)27-22)23(30)26-17-7-11-29(15-17)24-25-10-6-20(28-24)16-8-12-32-13-9-16/h2-6,10,14,16-17H,7-9,11-13,15H2,1H3,(H,26,30). The minimum absolute atomic E-state index is 0.0239. The van der Waals surface area contributed by atoms with Gasteiger partial charge in [0.25, 0.3) is 5.91 Å². The van der Waals surface area contributed by atoms with Gasteiger partial charge in [-0.05, 0) is 31.4 Å². The summed E-state index contributed by atoms with van der Waals surface area (Å²) in [5, 5.41) is 3.99. The van der Waals surface area contributed by atoms with Crippen LogP contribution < -0.4 is 15.0 Å². The Hall–Kier alpha value is -3.26. The van der Waals surface area contributed by atoms with E-state index in [0.29, 0.717) is 23.9 Å². The highest BCUT2D eigenvalue weighted by Gasteiger charge is 2.27. The van der Waals surface area contributed by atoms with Crippen LogP contribution in [0.3, 0.4) is 0 Å². The molecule has 3 aromatic rings. The van der Waals surface area contributed by atoms with Gasteiger partial charge >= 0.3 is 0 Å². The first-order valence-electron chi connectivity index (χ1n) is 11.1. The molecule has 1 aromatic carbocycles. The Morgan fingerprint density at radius 2 is 2.00 bits per heavy atom. The first kappa shape index (κ1) is 20.6. The van der Waals surface area contributed by atoms with Crippen molar-refractivity contribution >= 4 is 22.8 Å². The maximum atomic E-state index is 13.1. The fourth-order valence-electron chi connectivity index (χ4n) is 4.50. The van der Waals surface area contributed by atoms with Crippen LogP contribution in [0.1, 0.15) is 41.2 Å². The number of para-hydroxylation sites is 1. The highest BCUT2D eigenvalue weighted by atomic mass is 16.5. The Labute approximate surface area is 187 Å². The number of fused-ring (bicyclic) bond motifs is 1. The molecule has 8 heteroatoms. The highest BCUT2D eigenvalue weighted by Crippen LogP contribution is 2.27. The molecule has 2 aliphatic heterocycles. The number of anilines is 1. The molecule has 0 spiro atoms. The summed E-state index contributed by atoms with van der Waals surface area (Å²) in [4.78, 5) is 29.0. The van der Waals surface area contributed by atoms with Gasteiger partial charge in [0.2, 0.25) is 11.8 Å². The number of carbonyl (C=O) groups is 1. The summed E-state index contributed by atoms with van der Waals surface area (Å²) in [5.41, 5.74) is 2.40. The average molecular weight is 434 g/mol. The van der Waals surface area contributed by atoms with E-state index in [4.69, 9.17) is 14.5 Å². The molecule has 32 heavy (non-hydrogen) atoms. The number of pyridine rings is 1. The summed E-state index contributed by atoms with van der Waals surface area (Å²) in [7, 11) is 1.56. The first-order chi connectivity index (χ1) is 15.7. The lowest BCUT2D eigenvalue weighted by Gasteiger charge is -2.23. The molecule has 1 atom stereocenters. The average Bonchev–Trinajstić information content (AvgIpc) is 3.32. The number of carbonyl (C=O) groups excluding carboxylic acids is 1. The van der Waals surface area contributed by atoms with E-state index in [1.807, 2.05) is 36.5 Å². The molecule has 0 bridgehead atoms. The molecular weight excluding hydrogens is 406 g/mol. The van der Waals surface area contributed by atoms with Crippen molar-refractivity contribution in [1.29, 1.82) is 0 Å². The fraction of sp³-hybridized carbons (Fsp3) is 0.417. The van der Waals surface area contributed by atoms with Gasteiger partial charge in [0, 0.05) is 61.6 Å². The Kier molecular flexibility index (Phi) is 5.85. The van der Waals surface area contributed by atoms with E-state index in [9.17, 15) is 4.79 Å². The summed E-state index contributed by atoms with van der Waals surface area (Å²) in [5.74, 6) is 1.48. The number of ether oxygens (including phenoxy) is 2. The second kappa shape index (κ2) is 9.08.